The van der Waals surface area contributed by atoms with E-state index in [2.05, 4.69) is 13.0 Å². The summed E-state index contributed by atoms with van der Waals surface area (Å²) in [5.41, 5.74) is 5.27. The molecule has 2 heterocycles. The minimum absolute atomic E-state index is 0.194. The lowest BCUT2D eigenvalue weighted by Crippen LogP contribution is -2.50. The number of nitrogens with two attached hydrogens (primary N) is 1. The highest BCUT2D eigenvalue weighted by Crippen LogP contribution is 2.42. The van der Waals surface area contributed by atoms with Gasteiger partial charge in [0.05, 0.1) is 0 Å². The molecule has 4 nitrogen and oxygen atoms in total. The number of hydrogen-bond acceptors (Lipinski definition) is 4. The van der Waals surface area contributed by atoms with Crippen molar-refractivity contribution in [1.82, 2.24) is 4.90 Å². The number of nitrogens with zero attached hydrogens (tertiary/aromatic N) is 1. The van der Waals surface area contributed by atoms with E-state index in [0.29, 0.717) is 17.7 Å². The fraction of sp³-hybridized carbons (Fsp3) is 0.786. The maximum absolute atomic E-state index is 12.2. The van der Waals surface area contributed by atoms with Gasteiger partial charge < -0.3 is 15.4 Å². The number of hydrogen-bond donors (Lipinski definition) is 1. The van der Waals surface area contributed by atoms with Crippen LogP contribution in [0.1, 0.15) is 34.1 Å². The van der Waals surface area contributed by atoms with Gasteiger partial charge in [0.15, 0.2) is 0 Å². The summed E-state index contributed by atoms with van der Waals surface area (Å²) in [4.78, 5) is 15.3. The Kier molecular flexibility index (Phi) is 4.16. The zero-order valence-corrected chi connectivity index (χ0v) is 13.0. The molecule has 0 spiro atoms. The Labute approximate surface area is 119 Å². The van der Waals surface area contributed by atoms with Crippen molar-refractivity contribution in [2.75, 3.05) is 13.1 Å². The highest BCUT2D eigenvalue weighted by atomic mass is 32.2. The van der Waals surface area contributed by atoms with E-state index >= 15 is 0 Å². The average Bonchev–Trinajstić information content (AvgIpc) is 2.67. The number of fused-ring (bicyclic) bond motifs is 1. The molecule has 0 aromatic heterocycles. The predicted molar refractivity (Wildman–Crippen MR) is 79.0 cm³/mol. The van der Waals surface area contributed by atoms with Crippen LogP contribution in [0.2, 0.25) is 0 Å². The maximum Gasteiger partial charge on any atom is 0.410 e. The van der Waals surface area contributed by atoms with Crippen LogP contribution in [0.5, 0.6) is 0 Å². The third-order valence-corrected chi connectivity index (χ3v) is 4.94. The minimum atomic E-state index is -0.433. The molecule has 2 N–H and O–H groups in total. The lowest BCUT2D eigenvalue weighted by molar-refractivity contribution is 0.0102. The zero-order chi connectivity index (χ0) is 14.2. The second-order valence-electron chi connectivity index (χ2n) is 6.37. The van der Waals surface area contributed by atoms with Crippen molar-refractivity contribution in [3.63, 3.8) is 0 Å². The van der Waals surface area contributed by atoms with E-state index in [-0.39, 0.29) is 12.1 Å². The van der Waals surface area contributed by atoms with Crippen LogP contribution in [-0.2, 0) is 4.74 Å². The number of amides is 1. The molecule has 2 rings (SSSR count). The molecule has 0 bridgehead atoms. The van der Waals surface area contributed by atoms with Gasteiger partial charge in [-0.05, 0) is 44.9 Å². The first-order valence-corrected chi connectivity index (χ1v) is 7.75. The second kappa shape index (κ2) is 5.37. The summed E-state index contributed by atoms with van der Waals surface area (Å²) in [6.07, 6.45) is 3.10. The van der Waals surface area contributed by atoms with Crippen molar-refractivity contribution in [3.8, 4) is 0 Å². The molecule has 1 amide bonds. The molecule has 0 aliphatic carbocycles. The Morgan fingerprint density at radius 2 is 2.26 bits per heavy atom. The fourth-order valence-corrected chi connectivity index (χ4v) is 3.98. The minimum Gasteiger partial charge on any atom is -0.444 e. The summed E-state index contributed by atoms with van der Waals surface area (Å²) in [5.74, 6) is 0.553. The van der Waals surface area contributed by atoms with Gasteiger partial charge in [-0.15, -0.1) is 11.8 Å². The molecule has 0 aromatic carbocycles. The van der Waals surface area contributed by atoms with Gasteiger partial charge in [0.25, 0.3) is 0 Å². The quantitative estimate of drug-likeness (QED) is 0.804. The van der Waals surface area contributed by atoms with Crippen molar-refractivity contribution in [2.45, 2.75) is 51.0 Å². The van der Waals surface area contributed by atoms with Crippen LogP contribution in [0.4, 0.5) is 4.79 Å². The smallest absolute Gasteiger partial charge is 0.410 e. The Morgan fingerprint density at radius 1 is 1.58 bits per heavy atom. The van der Waals surface area contributed by atoms with Gasteiger partial charge >= 0.3 is 6.09 Å². The van der Waals surface area contributed by atoms with Crippen molar-refractivity contribution < 1.29 is 9.53 Å². The van der Waals surface area contributed by atoms with E-state index in [1.165, 1.54) is 4.91 Å². The number of rotatable bonds is 1. The lowest BCUT2D eigenvalue weighted by atomic mass is 9.91. The number of allylic oxidation sites excluding steroid dienone is 1. The fourth-order valence-electron chi connectivity index (χ4n) is 2.65. The Bertz CT molecular complexity index is 389. The SMILES string of the molecule is CC1CC2C=C(CN)SC2CN1C(=O)OC(C)(C)C. The highest BCUT2D eigenvalue weighted by Gasteiger charge is 2.39. The standard InChI is InChI=1S/C14H24N2O2S/c1-9-5-10-6-11(7-15)19-12(10)8-16(9)13(17)18-14(2,3)4/h6,9-10,12H,5,7-8,15H2,1-4H3. The summed E-state index contributed by atoms with van der Waals surface area (Å²) in [5, 5.41) is 0.447. The molecule has 2 aliphatic rings. The summed E-state index contributed by atoms with van der Waals surface area (Å²) >= 11 is 1.82. The van der Waals surface area contributed by atoms with E-state index in [9.17, 15) is 4.79 Å². The number of likely N-dealkylation sites (tertiary alicyclic amines) is 1. The Balaban J connectivity index is 2.00. The molecule has 0 saturated carbocycles. The van der Waals surface area contributed by atoms with Gasteiger partial charge in [-0.3, -0.25) is 0 Å². The van der Waals surface area contributed by atoms with Crippen molar-refractivity contribution >= 4 is 17.9 Å². The number of thioether (sulfide) groups is 1. The summed E-state index contributed by atoms with van der Waals surface area (Å²) < 4.78 is 5.49. The van der Waals surface area contributed by atoms with Gasteiger partial charge in [0, 0.05) is 24.4 Å². The first-order chi connectivity index (χ1) is 8.80. The van der Waals surface area contributed by atoms with Crippen molar-refractivity contribution in [2.24, 2.45) is 11.7 Å². The van der Waals surface area contributed by atoms with E-state index in [1.807, 2.05) is 37.4 Å². The van der Waals surface area contributed by atoms with E-state index in [0.717, 1.165) is 13.0 Å². The molecule has 0 radical (unpaired) electrons. The number of piperidine rings is 1. The van der Waals surface area contributed by atoms with Gasteiger partial charge in [0.2, 0.25) is 0 Å². The molecule has 2 aliphatic heterocycles. The third kappa shape index (κ3) is 3.45. The predicted octanol–water partition coefficient (Wildman–Crippen LogP) is 2.59. The van der Waals surface area contributed by atoms with Crippen LogP contribution in [-0.4, -0.2) is 41.0 Å². The molecular weight excluding hydrogens is 260 g/mol. The maximum atomic E-state index is 12.2. The molecule has 19 heavy (non-hydrogen) atoms. The van der Waals surface area contributed by atoms with Crippen LogP contribution in [0.25, 0.3) is 0 Å². The first kappa shape index (κ1) is 14.7. The van der Waals surface area contributed by atoms with E-state index in [1.54, 1.807) is 0 Å². The normalized spacial score (nSPS) is 30.9. The van der Waals surface area contributed by atoms with Crippen molar-refractivity contribution in [1.29, 1.82) is 0 Å². The summed E-state index contributed by atoms with van der Waals surface area (Å²) in [6.45, 7) is 9.17. The van der Waals surface area contributed by atoms with Gasteiger partial charge in [-0.1, -0.05) is 6.08 Å². The van der Waals surface area contributed by atoms with Crippen LogP contribution in [0.15, 0.2) is 11.0 Å². The van der Waals surface area contributed by atoms with Crippen LogP contribution in [0.3, 0.4) is 0 Å². The van der Waals surface area contributed by atoms with Gasteiger partial charge in [0.1, 0.15) is 5.60 Å². The molecule has 108 valence electrons. The zero-order valence-electron chi connectivity index (χ0n) is 12.2. The summed E-state index contributed by atoms with van der Waals surface area (Å²) in [6, 6.07) is 0.227. The highest BCUT2D eigenvalue weighted by molar-refractivity contribution is 8.04. The van der Waals surface area contributed by atoms with Crippen molar-refractivity contribution in [3.05, 3.63) is 11.0 Å². The van der Waals surface area contributed by atoms with E-state index in [4.69, 9.17) is 10.5 Å². The molecule has 0 aromatic rings. The van der Waals surface area contributed by atoms with Gasteiger partial charge in [-0.2, -0.15) is 0 Å². The molecule has 1 saturated heterocycles. The molecular formula is C14H24N2O2S. The van der Waals surface area contributed by atoms with Crippen LogP contribution in [0, 0.1) is 5.92 Å². The Hall–Kier alpha value is -0.680. The number of carbonyl (C=O) groups is 1. The van der Waals surface area contributed by atoms with Crippen LogP contribution >= 0.6 is 11.8 Å². The Morgan fingerprint density at radius 3 is 2.84 bits per heavy atom. The summed E-state index contributed by atoms with van der Waals surface area (Å²) in [7, 11) is 0. The molecule has 1 fully saturated rings. The molecule has 5 heteroatoms. The lowest BCUT2D eigenvalue weighted by Gasteiger charge is -2.40. The van der Waals surface area contributed by atoms with E-state index < -0.39 is 5.60 Å². The number of ether oxygens (including phenoxy) is 1. The second-order valence-corrected chi connectivity index (χ2v) is 7.74. The molecule has 3 atom stereocenters. The monoisotopic (exact) mass is 284 g/mol. The molecule has 3 unspecified atom stereocenters. The topological polar surface area (TPSA) is 55.6 Å². The first-order valence-electron chi connectivity index (χ1n) is 6.87. The van der Waals surface area contributed by atoms with Gasteiger partial charge in [-0.25, -0.2) is 4.79 Å². The largest absolute Gasteiger partial charge is 0.444 e. The average molecular weight is 284 g/mol. The third-order valence-electron chi connectivity index (χ3n) is 3.53. The van der Waals surface area contributed by atoms with Crippen LogP contribution < -0.4 is 5.73 Å². The number of carbonyl (C=O) groups excluding carboxylic acids is 1.